The molecular formula is C22H38O4. The molecule has 0 aliphatic heterocycles. The molecular weight excluding hydrogens is 328 g/mol. The van der Waals surface area contributed by atoms with Gasteiger partial charge in [-0.25, -0.2) is 0 Å². The van der Waals surface area contributed by atoms with Crippen LogP contribution in [0, 0.1) is 11.8 Å². The van der Waals surface area contributed by atoms with Gasteiger partial charge in [-0.3, -0.25) is 9.59 Å². The lowest BCUT2D eigenvalue weighted by Crippen LogP contribution is -2.34. The van der Waals surface area contributed by atoms with E-state index in [4.69, 9.17) is 4.74 Å². The molecule has 1 N–H and O–H groups in total. The summed E-state index contributed by atoms with van der Waals surface area (Å²) in [4.78, 5) is 23.8. The molecule has 0 radical (unpaired) electrons. The second kappa shape index (κ2) is 13.8. The van der Waals surface area contributed by atoms with Crippen LogP contribution in [0.1, 0.15) is 97.3 Å². The second-order valence-corrected chi connectivity index (χ2v) is 7.58. The molecule has 1 aliphatic rings. The van der Waals surface area contributed by atoms with Crippen LogP contribution >= 0.6 is 0 Å². The van der Waals surface area contributed by atoms with Crippen molar-refractivity contribution in [1.29, 1.82) is 0 Å². The number of carbonyl (C=O) groups is 2. The minimum absolute atomic E-state index is 0.0765. The van der Waals surface area contributed by atoms with E-state index in [1.54, 1.807) is 0 Å². The van der Waals surface area contributed by atoms with Crippen LogP contribution in [0.5, 0.6) is 0 Å². The maximum atomic E-state index is 12.4. The molecule has 0 aromatic rings. The van der Waals surface area contributed by atoms with Gasteiger partial charge < -0.3 is 9.84 Å². The first-order chi connectivity index (χ1) is 12.6. The molecule has 3 unspecified atom stereocenters. The van der Waals surface area contributed by atoms with E-state index in [0.717, 1.165) is 19.3 Å². The Balaban J connectivity index is 2.22. The summed E-state index contributed by atoms with van der Waals surface area (Å²) >= 11 is 0. The summed E-state index contributed by atoms with van der Waals surface area (Å²) < 4.78 is 5.66. The number of carboxylic acid groups (broad SMARTS) is 1. The van der Waals surface area contributed by atoms with Crippen LogP contribution in [0.3, 0.4) is 0 Å². The molecule has 0 saturated heterocycles. The fourth-order valence-corrected chi connectivity index (χ4v) is 3.63. The predicted octanol–water partition coefficient (Wildman–Crippen LogP) is 5.90. The second-order valence-electron chi connectivity index (χ2n) is 7.58. The average Bonchev–Trinajstić information content (AvgIpc) is 2.65. The minimum atomic E-state index is -0.900. The summed E-state index contributed by atoms with van der Waals surface area (Å²) in [5, 5.41) is 9.30. The number of carbonyl (C=O) groups excluding carboxylic acids is 1. The van der Waals surface area contributed by atoms with Gasteiger partial charge in [0.2, 0.25) is 0 Å². The number of aliphatic carboxylic acids is 1. The van der Waals surface area contributed by atoms with E-state index in [1.165, 1.54) is 51.4 Å². The zero-order valence-corrected chi connectivity index (χ0v) is 16.8. The van der Waals surface area contributed by atoms with Gasteiger partial charge in [-0.2, -0.15) is 0 Å². The van der Waals surface area contributed by atoms with E-state index in [1.807, 2.05) is 19.1 Å². The Morgan fingerprint density at radius 2 is 1.46 bits per heavy atom. The quantitative estimate of drug-likeness (QED) is 0.236. The lowest BCUT2D eigenvalue weighted by atomic mass is 9.83. The zero-order valence-electron chi connectivity index (χ0n) is 16.8. The van der Waals surface area contributed by atoms with Crippen molar-refractivity contribution in [3.8, 4) is 0 Å². The monoisotopic (exact) mass is 366 g/mol. The van der Waals surface area contributed by atoms with Crippen LogP contribution in [0.4, 0.5) is 0 Å². The molecule has 0 fully saturated rings. The molecule has 0 aromatic carbocycles. The first kappa shape index (κ1) is 22.7. The van der Waals surface area contributed by atoms with E-state index in [2.05, 4.69) is 6.92 Å². The van der Waals surface area contributed by atoms with Gasteiger partial charge in [-0.05, 0) is 32.1 Å². The molecule has 3 atom stereocenters. The highest BCUT2D eigenvalue weighted by Crippen LogP contribution is 2.28. The van der Waals surface area contributed by atoms with Crippen LogP contribution in [0.15, 0.2) is 12.2 Å². The molecule has 4 heteroatoms. The molecule has 0 spiro atoms. The van der Waals surface area contributed by atoms with Gasteiger partial charge >= 0.3 is 11.9 Å². The Bertz CT molecular complexity index is 430. The van der Waals surface area contributed by atoms with Crippen molar-refractivity contribution in [1.82, 2.24) is 0 Å². The van der Waals surface area contributed by atoms with Crippen molar-refractivity contribution >= 4 is 11.9 Å². The average molecular weight is 367 g/mol. The van der Waals surface area contributed by atoms with Crippen molar-refractivity contribution in [2.75, 3.05) is 0 Å². The Morgan fingerprint density at radius 3 is 2.00 bits per heavy atom. The summed E-state index contributed by atoms with van der Waals surface area (Å²) in [5.41, 5.74) is 0. The molecule has 150 valence electrons. The molecule has 0 amide bonds. The Labute approximate surface area is 159 Å². The van der Waals surface area contributed by atoms with Crippen LogP contribution in [0.2, 0.25) is 0 Å². The number of ether oxygens (including phenoxy) is 1. The fraction of sp³-hybridized carbons (Fsp3) is 0.818. The highest BCUT2D eigenvalue weighted by atomic mass is 16.5. The smallest absolute Gasteiger partial charge is 0.310 e. The maximum absolute atomic E-state index is 12.4. The van der Waals surface area contributed by atoms with Crippen molar-refractivity contribution < 1.29 is 19.4 Å². The van der Waals surface area contributed by atoms with Crippen LogP contribution in [-0.2, 0) is 14.3 Å². The number of carboxylic acids is 1. The van der Waals surface area contributed by atoms with E-state index < -0.39 is 17.8 Å². The third-order valence-corrected chi connectivity index (χ3v) is 5.42. The van der Waals surface area contributed by atoms with E-state index in [9.17, 15) is 14.7 Å². The molecule has 1 rings (SSSR count). The van der Waals surface area contributed by atoms with Gasteiger partial charge in [0.15, 0.2) is 0 Å². The van der Waals surface area contributed by atoms with E-state index in [0.29, 0.717) is 12.8 Å². The van der Waals surface area contributed by atoms with Gasteiger partial charge in [-0.15, -0.1) is 0 Å². The highest BCUT2D eigenvalue weighted by Gasteiger charge is 2.35. The number of rotatable bonds is 14. The first-order valence-electron chi connectivity index (χ1n) is 10.7. The fourth-order valence-electron chi connectivity index (χ4n) is 3.63. The molecule has 1 aliphatic carbocycles. The highest BCUT2D eigenvalue weighted by molar-refractivity contribution is 5.81. The lowest BCUT2D eigenvalue weighted by molar-refractivity contribution is -0.162. The number of hydrogen-bond acceptors (Lipinski definition) is 3. The third kappa shape index (κ3) is 8.86. The summed E-state index contributed by atoms with van der Waals surface area (Å²) in [6.07, 6.45) is 17.8. The Morgan fingerprint density at radius 1 is 0.923 bits per heavy atom. The molecule has 26 heavy (non-hydrogen) atoms. The SMILES string of the molecule is CCCCCCCCCCCC(CC)OC(=O)C1CC=CCC1C(=O)O. The summed E-state index contributed by atoms with van der Waals surface area (Å²) in [7, 11) is 0. The topological polar surface area (TPSA) is 63.6 Å². The largest absolute Gasteiger partial charge is 0.481 e. The van der Waals surface area contributed by atoms with Crippen molar-refractivity contribution in [2.24, 2.45) is 11.8 Å². The Kier molecular flexibility index (Phi) is 12.1. The van der Waals surface area contributed by atoms with Crippen molar-refractivity contribution in [3.63, 3.8) is 0 Å². The molecule has 4 nitrogen and oxygen atoms in total. The zero-order chi connectivity index (χ0) is 19.2. The van der Waals surface area contributed by atoms with Crippen molar-refractivity contribution in [2.45, 2.75) is 103 Å². The van der Waals surface area contributed by atoms with Gasteiger partial charge in [0.1, 0.15) is 6.10 Å². The van der Waals surface area contributed by atoms with Gasteiger partial charge in [0.25, 0.3) is 0 Å². The van der Waals surface area contributed by atoms with E-state index in [-0.39, 0.29) is 12.1 Å². The molecule has 0 heterocycles. The molecule has 0 aromatic heterocycles. The first-order valence-corrected chi connectivity index (χ1v) is 10.7. The summed E-state index contributed by atoms with van der Waals surface area (Å²) in [5.74, 6) is -2.40. The number of hydrogen-bond donors (Lipinski definition) is 1. The number of unbranched alkanes of at least 4 members (excludes halogenated alkanes) is 8. The van der Waals surface area contributed by atoms with E-state index >= 15 is 0 Å². The van der Waals surface area contributed by atoms with Gasteiger partial charge in [0.05, 0.1) is 11.8 Å². The lowest BCUT2D eigenvalue weighted by Gasteiger charge is -2.26. The predicted molar refractivity (Wildman–Crippen MR) is 105 cm³/mol. The van der Waals surface area contributed by atoms with Crippen molar-refractivity contribution in [3.05, 3.63) is 12.2 Å². The molecule has 0 saturated carbocycles. The van der Waals surface area contributed by atoms with Crippen LogP contribution < -0.4 is 0 Å². The Hall–Kier alpha value is -1.32. The number of allylic oxidation sites excluding steroid dienone is 2. The van der Waals surface area contributed by atoms with Gasteiger partial charge in [0, 0.05) is 0 Å². The number of esters is 1. The van der Waals surface area contributed by atoms with Gasteiger partial charge in [-0.1, -0.05) is 77.4 Å². The third-order valence-electron chi connectivity index (χ3n) is 5.42. The van der Waals surface area contributed by atoms with Crippen LogP contribution in [0.25, 0.3) is 0 Å². The minimum Gasteiger partial charge on any atom is -0.481 e. The van der Waals surface area contributed by atoms with Crippen LogP contribution in [-0.4, -0.2) is 23.1 Å². The normalized spacial score (nSPS) is 20.7. The molecule has 0 bridgehead atoms. The summed E-state index contributed by atoms with van der Waals surface area (Å²) in [6.45, 7) is 4.27. The standard InChI is InChI=1S/C22H38O4/c1-3-5-6-7-8-9-10-11-12-15-18(4-2)26-22(25)20-17-14-13-16-19(20)21(23)24/h13-14,18-20H,3-12,15-17H2,1-2H3,(H,23,24). The summed E-state index contributed by atoms with van der Waals surface area (Å²) in [6, 6.07) is 0. The maximum Gasteiger partial charge on any atom is 0.310 e.